The quantitative estimate of drug-likeness (QED) is 0.779. The summed E-state index contributed by atoms with van der Waals surface area (Å²) in [4.78, 5) is 14.1. The Labute approximate surface area is 136 Å². The van der Waals surface area contributed by atoms with Crippen LogP contribution in [0.4, 0.5) is 10.5 Å². The van der Waals surface area contributed by atoms with E-state index in [4.69, 9.17) is 11.6 Å². The molecule has 122 valence electrons. The molecule has 1 aromatic carbocycles. The molecular formula is C16H24ClN3O2. The Kier molecular flexibility index (Phi) is 6.49. The van der Waals surface area contributed by atoms with Gasteiger partial charge >= 0.3 is 6.03 Å². The van der Waals surface area contributed by atoms with Crippen LogP contribution in [-0.4, -0.2) is 48.3 Å². The predicted molar refractivity (Wildman–Crippen MR) is 89.5 cm³/mol. The lowest BCUT2D eigenvalue weighted by Crippen LogP contribution is -2.43. The van der Waals surface area contributed by atoms with E-state index in [9.17, 15) is 9.90 Å². The summed E-state index contributed by atoms with van der Waals surface area (Å²) in [6, 6.07) is 5.03. The molecule has 0 saturated carbocycles. The highest BCUT2D eigenvalue weighted by Crippen LogP contribution is 2.22. The van der Waals surface area contributed by atoms with Crippen LogP contribution in [0.3, 0.4) is 0 Å². The molecule has 0 radical (unpaired) electrons. The molecule has 1 aromatic rings. The molecule has 1 aliphatic rings. The first-order valence-corrected chi connectivity index (χ1v) is 8.14. The molecule has 3 N–H and O–H groups in total. The number of β-amino-alcohol motifs (C(OH)–C–C–N with tert-alkyl or cyclic N) is 1. The van der Waals surface area contributed by atoms with E-state index in [0.29, 0.717) is 17.3 Å². The van der Waals surface area contributed by atoms with Crippen molar-refractivity contribution in [3.63, 3.8) is 0 Å². The Morgan fingerprint density at radius 2 is 2.09 bits per heavy atom. The van der Waals surface area contributed by atoms with Gasteiger partial charge in [-0.2, -0.15) is 0 Å². The monoisotopic (exact) mass is 325 g/mol. The minimum Gasteiger partial charge on any atom is -0.390 e. The van der Waals surface area contributed by atoms with Crippen molar-refractivity contribution in [3.05, 3.63) is 28.8 Å². The fourth-order valence-corrected chi connectivity index (χ4v) is 2.80. The number of halogens is 1. The Morgan fingerprint density at radius 3 is 2.82 bits per heavy atom. The Morgan fingerprint density at radius 1 is 1.36 bits per heavy atom. The number of hydrogen-bond acceptors (Lipinski definition) is 3. The SMILES string of the molecule is Cc1c(Cl)cccc1NC(=O)NCC(O)CN1CCCCC1. The van der Waals surface area contributed by atoms with Crippen molar-refractivity contribution in [3.8, 4) is 0 Å². The van der Waals surface area contributed by atoms with E-state index >= 15 is 0 Å². The minimum atomic E-state index is -0.552. The lowest BCUT2D eigenvalue weighted by molar-refractivity contribution is 0.102. The first kappa shape index (κ1) is 17.1. The molecule has 1 fully saturated rings. The van der Waals surface area contributed by atoms with Crippen molar-refractivity contribution >= 4 is 23.3 Å². The second kappa shape index (κ2) is 8.36. The number of aliphatic hydroxyl groups excluding tert-OH is 1. The number of benzene rings is 1. The Bertz CT molecular complexity index is 504. The van der Waals surface area contributed by atoms with Gasteiger partial charge in [-0.1, -0.05) is 24.1 Å². The molecule has 22 heavy (non-hydrogen) atoms. The van der Waals surface area contributed by atoms with E-state index in [-0.39, 0.29) is 12.6 Å². The number of anilines is 1. The van der Waals surface area contributed by atoms with Crippen LogP contribution < -0.4 is 10.6 Å². The van der Waals surface area contributed by atoms with E-state index in [1.165, 1.54) is 19.3 Å². The summed E-state index contributed by atoms with van der Waals surface area (Å²) in [5, 5.41) is 16.1. The molecule has 5 nitrogen and oxygen atoms in total. The molecule has 6 heteroatoms. The number of urea groups is 1. The molecule has 1 unspecified atom stereocenters. The average Bonchev–Trinajstić information content (AvgIpc) is 2.51. The summed E-state index contributed by atoms with van der Waals surface area (Å²) in [5.41, 5.74) is 1.50. The number of piperidine rings is 1. The first-order chi connectivity index (χ1) is 10.6. The van der Waals surface area contributed by atoms with Gasteiger partial charge in [-0.05, 0) is 50.6 Å². The van der Waals surface area contributed by atoms with Crippen molar-refractivity contribution in [1.82, 2.24) is 10.2 Å². The van der Waals surface area contributed by atoms with Crippen LogP contribution in [-0.2, 0) is 0 Å². The highest BCUT2D eigenvalue weighted by Gasteiger charge is 2.15. The highest BCUT2D eigenvalue weighted by molar-refractivity contribution is 6.31. The summed E-state index contributed by atoms with van der Waals surface area (Å²) < 4.78 is 0. The minimum absolute atomic E-state index is 0.238. The number of aliphatic hydroxyl groups is 1. The van der Waals surface area contributed by atoms with Gasteiger partial charge in [0, 0.05) is 23.8 Å². The molecule has 0 aliphatic carbocycles. The summed E-state index contributed by atoms with van der Waals surface area (Å²) in [6.45, 7) is 4.76. The van der Waals surface area contributed by atoms with Crippen LogP contribution in [0.1, 0.15) is 24.8 Å². The van der Waals surface area contributed by atoms with E-state index in [2.05, 4.69) is 15.5 Å². The second-order valence-electron chi connectivity index (χ2n) is 5.76. The van der Waals surface area contributed by atoms with E-state index in [1.807, 2.05) is 6.92 Å². The van der Waals surface area contributed by atoms with Crippen molar-refractivity contribution in [2.75, 3.05) is 31.5 Å². The lowest BCUT2D eigenvalue weighted by atomic mass is 10.1. The molecule has 1 saturated heterocycles. The average molecular weight is 326 g/mol. The van der Waals surface area contributed by atoms with E-state index in [1.54, 1.807) is 18.2 Å². The summed E-state index contributed by atoms with van der Waals surface area (Å²) in [6.07, 6.45) is 3.10. The van der Waals surface area contributed by atoms with Crippen LogP contribution in [0.15, 0.2) is 18.2 Å². The standard InChI is InChI=1S/C16H24ClN3O2/c1-12-14(17)6-5-7-15(12)19-16(22)18-10-13(21)11-20-8-3-2-4-9-20/h5-7,13,21H,2-4,8-11H2,1H3,(H2,18,19,22). The molecule has 1 aliphatic heterocycles. The van der Waals surface area contributed by atoms with Crippen LogP contribution >= 0.6 is 11.6 Å². The van der Waals surface area contributed by atoms with Gasteiger partial charge in [0.15, 0.2) is 0 Å². The van der Waals surface area contributed by atoms with Crippen molar-refractivity contribution < 1.29 is 9.90 Å². The number of hydrogen-bond donors (Lipinski definition) is 3. The number of rotatable bonds is 5. The fraction of sp³-hybridized carbons (Fsp3) is 0.562. The fourth-order valence-electron chi connectivity index (χ4n) is 2.62. The molecule has 2 amide bonds. The predicted octanol–water partition coefficient (Wildman–Crippen LogP) is 2.62. The maximum absolute atomic E-state index is 11.9. The largest absolute Gasteiger partial charge is 0.390 e. The van der Waals surface area contributed by atoms with Crippen LogP contribution in [0.2, 0.25) is 5.02 Å². The number of likely N-dealkylation sites (tertiary alicyclic amines) is 1. The molecule has 0 bridgehead atoms. The first-order valence-electron chi connectivity index (χ1n) is 7.76. The topological polar surface area (TPSA) is 64.6 Å². The van der Waals surface area contributed by atoms with Gasteiger partial charge in [0.05, 0.1) is 6.10 Å². The maximum Gasteiger partial charge on any atom is 0.319 e. The van der Waals surface area contributed by atoms with Gasteiger partial charge in [0.25, 0.3) is 0 Å². The molecule has 0 spiro atoms. The van der Waals surface area contributed by atoms with E-state index in [0.717, 1.165) is 18.7 Å². The molecule has 0 aromatic heterocycles. The smallest absolute Gasteiger partial charge is 0.319 e. The lowest BCUT2D eigenvalue weighted by Gasteiger charge is -2.28. The van der Waals surface area contributed by atoms with Gasteiger partial charge in [-0.15, -0.1) is 0 Å². The third-order valence-corrected chi connectivity index (χ3v) is 4.34. The number of amides is 2. The summed E-state index contributed by atoms with van der Waals surface area (Å²) in [7, 11) is 0. The zero-order chi connectivity index (χ0) is 15.9. The molecule has 1 heterocycles. The third kappa shape index (κ3) is 5.16. The van der Waals surface area contributed by atoms with Crippen LogP contribution in [0, 0.1) is 6.92 Å². The molecular weight excluding hydrogens is 302 g/mol. The number of nitrogens with one attached hydrogen (secondary N) is 2. The summed E-state index contributed by atoms with van der Waals surface area (Å²) >= 11 is 6.02. The number of carbonyl (C=O) groups is 1. The third-order valence-electron chi connectivity index (χ3n) is 3.93. The van der Waals surface area contributed by atoms with Gasteiger partial charge in [0.1, 0.15) is 0 Å². The van der Waals surface area contributed by atoms with Gasteiger partial charge in [0.2, 0.25) is 0 Å². The van der Waals surface area contributed by atoms with Gasteiger partial charge in [-0.25, -0.2) is 4.79 Å². The summed E-state index contributed by atoms with van der Waals surface area (Å²) in [5.74, 6) is 0. The van der Waals surface area contributed by atoms with Crippen molar-refractivity contribution in [2.24, 2.45) is 0 Å². The zero-order valence-electron chi connectivity index (χ0n) is 12.9. The Balaban J connectivity index is 1.73. The normalized spacial score (nSPS) is 17.0. The zero-order valence-corrected chi connectivity index (χ0v) is 13.7. The van der Waals surface area contributed by atoms with Crippen molar-refractivity contribution in [2.45, 2.75) is 32.3 Å². The molecule has 1 atom stereocenters. The Hall–Kier alpha value is -1.30. The van der Waals surface area contributed by atoms with Gasteiger partial charge < -0.3 is 20.6 Å². The van der Waals surface area contributed by atoms with Crippen LogP contribution in [0.25, 0.3) is 0 Å². The number of carbonyl (C=O) groups excluding carboxylic acids is 1. The van der Waals surface area contributed by atoms with E-state index < -0.39 is 6.10 Å². The number of nitrogens with zero attached hydrogens (tertiary/aromatic N) is 1. The van der Waals surface area contributed by atoms with Crippen LogP contribution in [0.5, 0.6) is 0 Å². The molecule has 2 rings (SSSR count). The van der Waals surface area contributed by atoms with Gasteiger partial charge in [-0.3, -0.25) is 0 Å². The second-order valence-corrected chi connectivity index (χ2v) is 6.17. The maximum atomic E-state index is 11.9. The highest BCUT2D eigenvalue weighted by atomic mass is 35.5. The van der Waals surface area contributed by atoms with Crippen molar-refractivity contribution in [1.29, 1.82) is 0 Å².